The number of hydrogen-bond acceptors (Lipinski definition) is 2. The Morgan fingerprint density at radius 3 is 2.65 bits per heavy atom. The summed E-state index contributed by atoms with van der Waals surface area (Å²) in [6.45, 7) is 6.49. The number of hydrogen-bond donors (Lipinski definition) is 1. The highest BCUT2D eigenvalue weighted by Crippen LogP contribution is 2.46. The van der Waals surface area contributed by atoms with Gasteiger partial charge >= 0.3 is 5.97 Å². The van der Waals surface area contributed by atoms with Crippen LogP contribution < -0.4 is 0 Å². The van der Waals surface area contributed by atoms with Crippen molar-refractivity contribution in [3.63, 3.8) is 0 Å². The topological polar surface area (TPSA) is 40.5 Å². The third kappa shape index (κ3) is 2.05. The summed E-state index contributed by atoms with van der Waals surface area (Å²) in [4.78, 5) is 13.8. The van der Waals surface area contributed by atoms with Crippen molar-refractivity contribution in [2.45, 2.75) is 58.2 Å². The molecule has 1 aromatic carbocycles. The number of carboxylic acids is 1. The van der Waals surface area contributed by atoms with Crippen molar-refractivity contribution in [1.29, 1.82) is 0 Å². The molecular formula is C17H23NO2. The highest BCUT2D eigenvalue weighted by atomic mass is 16.4. The van der Waals surface area contributed by atoms with Crippen LogP contribution in [0.25, 0.3) is 0 Å². The van der Waals surface area contributed by atoms with Gasteiger partial charge in [0.15, 0.2) is 0 Å². The Kier molecular flexibility index (Phi) is 3.33. The smallest absolute Gasteiger partial charge is 0.308 e. The Labute approximate surface area is 120 Å². The number of carboxylic acid groups (broad SMARTS) is 1. The lowest BCUT2D eigenvalue weighted by molar-refractivity contribution is -0.142. The molecule has 2 saturated heterocycles. The summed E-state index contributed by atoms with van der Waals surface area (Å²) in [7, 11) is 0. The summed E-state index contributed by atoms with van der Waals surface area (Å²) < 4.78 is 0. The molecule has 0 saturated carbocycles. The second-order valence-corrected chi connectivity index (χ2v) is 6.45. The first-order chi connectivity index (χ1) is 9.49. The molecule has 0 radical (unpaired) electrons. The summed E-state index contributed by atoms with van der Waals surface area (Å²) in [5.41, 5.74) is 3.94. The largest absolute Gasteiger partial charge is 0.481 e. The fraction of sp³-hybridized carbons (Fsp3) is 0.588. The van der Waals surface area contributed by atoms with Crippen LogP contribution in [-0.4, -0.2) is 28.1 Å². The molecular weight excluding hydrogens is 250 g/mol. The number of carbonyl (C=O) groups is 1. The molecule has 2 heterocycles. The standard InChI is InChI=1S/C17H23NO2/c1-10-4-5-13(8-11(10)2)12(3)18-14-6-7-16(18)15(9-14)17(19)20/h4-5,8,12,14-16H,6-7,9H2,1-3H3,(H,19,20). The van der Waals surface area contributed by atoms with Crippen LogP contribution in [0.15, 0.2) is 18.2 Å². The van der Waals surface area contributed by atoms with E-state index in [-0.39, 0.29) is 12.0 Å². The van der Waals surface area contributed by atoms with Crippen LogP contribution in [0.5, 0.6) is 0 Å². The monoisotopic (exact) mass is 273 g/mol. The minimum Gasteiger partial charge on any atom is -0.481 e. The fourth-order valence-corrected chi connectivity index (χ4v) is 4.10. The van der Waals surface area contributed by atoms with Crippen LogP contribution in [0, 0.1) is 19.8 Å². The number of nitrogens with zero attached hydrogens (tertiary/aromatic N) is 1. The van der Waals surface area contributed by atoms with Crippen LogP contribution in [0.2, 0.25) is 0 Å². The molecule has 3 heteroatoms. The van der Waals surface area contributed by atoms with E-state index in [0.29, 0.717) is 12.1 Å². The van der Waals surface area contributed by atoms with Gasteiger partial charge in [-0.15, -0.1) is 0 Å². The molecule has 2 fully saturated rings. The molecule has 1 N–H and O–H groups in total. The molecule has 4 atom stereocenters. The van der Waals surface area contributed by atoms with Gasteiger partial charge in [-0.2, -0.15) is 0 Å². The molecule has 3 nitrogen and oxygen atoms in total. The second-order valence-electron chi connectivity index (χ2n) is 6.45. The number of benzene rings is 1. The SMILES string of the molecule is Cc1ccc(C(C)N2C3CCC2C(C(=O)O)C3)cc1C. The fourth-order valence-electron chi connectivity index (χ4n) is 4.10. The average Bonchev–Trinajstić information content (AvgIpc) is 2.98. The minimum atomic E-state index is -0.616. The van der Waals surface area contributed by atoms with Gasteiger partial charge in [0.2, 0.25) is 0 Å². The van der Waals surface area contributed by atoms with Crippen LogP contribution in [-0.2, 0) is 4.79 Å². The molecule has 4 unspecified atom stereocenters. The Bertz CT molecular complexity index is 540. The van der Waals surface area contributed by atoms with Crippen LogP contribution >= 0.6 is 0 Å². The molecule has 20 heavy (non-hydrogen) atoms. The molecule has 0 spiro atoms. The number of rotatable bonds is 3. The van der Waals surface area contributed by atoms with E-state index in [0.717, 1.165) is 19.3 Å². The normalized spacial score (nSPS) is 30.6. The molecule has 3 rings (SSSR count). The van der Waals surface area contributed by atoms with Crippen molar-refractivity contribution in [2.75, 3.05) is 0 Å². The van der Waals surface area contributed by atoms with Gasteiger partial charge in [-0.25, -0.2) is 0 Å². The maximum atomic E-state index is 11.4. The Hall–Kier alpha value is -1.35. The van der Waals surface area contributed by atoms with Gasteiger partial charge in [0.1, 0.15) is 0 Å². The van der Waals surface area contributed by atoms with Crippen molar-refractivity contribution in [3.8, 4) is 0 Å². The van der Waals surface area contributed by atoms with E-state index < -0.39 is 5.97 Å². The molecule has 2 aliphatic heterocycles. The highest BCUT2D eigenvalue weighted by Gasteiger charge is 2.50. The minimum absolute atomic E-state index is 0.164. The first-order valence-electron chi connectivity index (χ1n) is 7.56. The average molecular weight is 273 g/mol. The van der Waals surface area contributed by atoms with E-state index in [9.17, 15) is 9.90 Å². The predicted molar refractivity (Wildman–Crippen MR) is 78.7 cm³/mol. The zero-order chi connectivity index (χ0) is 14.4. The van der Waals surface area contributed by atoms with E-state index in [4.69, 9.17) is 0 Å². The van der Waals surface area contributed by atoms with Gasteiger partial charge in [-0.1, -0.05) is 18.2 Å². The first kappa shape index (κ1) is 13.6. The van der Waals surface area contributed by atoms with Gasteiger partial charge in [0.05, 0.1) is 5.92 Å². The molecule has 0 aliphatic carbocycles. The molecule has 2 bridgehead atoms. The number of aryl methyl sites for hydroxylation is 2. The van der Waals surface area contributed by atoms with Crippen molar-refractivity contribution >= 4 is 5.97 Å². The Morgan fingerprint density at radius 2 is 2.05 bits per heavy atom. The van der Waals surface area contributed by atoms with Crippen molar-refractivity contribution < 1.29 is 9.90 Å². The van der Waals surface area contributed by atoms with Gasteiger partial charge in [-0.05, 0) is 56.7 Å². The summed E-state index contributed by atoms with van der Waals surface area (Å²) in [6.07, 6.45) is 3.02. The van der Waals surface area contributed by atoms with Crippen molar-refractivity contribution in [3.05, 3.63) is 34.9 Å². The van der Waals surface area contributed by atoms with Gasteiger partial charge in [-0.3, -0.25) is 9.69 Å². The number of fused-ring (bicyclic) bond motifs is 2. The first-order valence-corrected chi connectivity index (χ1v) is 7.56. The maximum absolute atomic E-state index is 11.4. The van der Waals surface area contributed by atoms with Gasteiger partial charge in [0.25, 0.3) is 0 Å². The van der Waals surface area contributed by atoms with Gasteiger partial charge in [0, 0.05) is 18.1 Å². The molecule has 1 aromatic rings. The lowest BCUT2D eigenvalue weighted by atomic mass is 9.89. The van der Waals surface area contributed by atoms with E-state index in [1.807, 2.05) is 0 Å². The Morgan fingerprint density at radius 1 is 1.30 bits per heavy atom. The highest BCUT2D eigenvalue weighted by molar-refractivity contribution is 5.71. The van der Waals surface area contributed by atoms with E-state index in [1.54, 1.807) is 0 Å². The van der Waals surface area contributed by atoms with E-state index in [1.165, 1.54) is 16.7 Å². The Balaban J connectivity index is 1.86. The lowest BCUT2D eigenvalue weighted by Gasteiger charge is -2.30. The summed E-state index contributed by atoms with van der Waals surface area (Å²) in [5.74, 6) is -0.780. The third-order valence-electron chi connectivity index (χ3n) is 5.37. The van der Waals surface area contributed by atoms with Crippen LogP contribution in [0.3, 0.4) is 0 Å². The van der Waals surface area contributed by atoms with Crippen LogP contribution in [0.4, 0.5) is 0 Å². The molecule has 108 valence electrons. The van der Waals surface area contributed by atoms with Crippen molar-refractivity contribution in [1.82, 2.24) is 4.90 Å². The third-order valence-corrected chi connectivity index (χ3v) is 5.37. The zero-order valence-corrected chi connectivity index (χ0v) is 12.5. The molecule has 0 aromatic heterocycles. The second kappa shape index (κ2) is 4.88. The van der Waals surface area contributed by atoms with E-state index in [2.05, 4.69) is 43.9 Å². The molecule has 0 amide bonds. The zero-order valence-electron chi connectivity index (χ0n) is 12.5. The summed E-state index contributed by atoms with van der Waals surface area (Å²) >= 11 is 0. The van der Waals surface area contributed by atoms with Gasteiger partial charge < -0.3 is 5.11 Å². The molecule has 2 aliphatic rings. The van der Waals surface area contributed by atoms with Crippen molar-refractivity contribution in [2.24, 2.45) is 5.92 Å². The predicted octanol–water partition coefficient (Wildman–Crippen LogP) is 3.30. The summed E-state index contributed by atoms with van der Waals surface area (Å²) in [5, 5.41) is 9.36. The lowest BCUT2D eigenvalue weighted by Crippen LogP contribution is -2.35. The maximum Gasteiger partial charge on any atom is 0.308 e. The summed E-state index contributed by atoms with van der Waals surface area (Å²) in [6, 6.07) is 7.63. The quantitative estimate of drug-likeness (QED) is 0.918. The number of aliphatic carboxylic acids is 1. The van der Waals surface area contributed by atoms with E-state index >= 15 is 0 Å². The van der Waals surface area contributed by atoms with Crippen LogP contribution in [0.1, 0.15) is 48.9 Å².